The molecule has 0 unspecified atom stereocenters. The van der Waals surface area contributed by atoms with Gasteiger partial charge in [-0.2, -0.15) is 0 Å². The number of halogens is 2. The smallest absolute Gasteiger partial charge is 0.161 e. The Labute approximate surface area is 115 Å². The van der Waals surface area contributed by atoms with Gasteiger partial charge in [0.1, 0.15) is 4.99 Å². The van der Waals surface area contributed by atoms with Crippen LogP contribution in [0.1, 0.15) is 26.3 Å². The molecule has 2 nitrogen and oxygen atoms in total. The van der Waals surface area contributed by atoms with E-state index in [4.69, 9.17) is 18.0 Å². The summed E-state index contributed by atoms with van der Waals surface area (Å²) >= 11 is 8.07. The fraction of sp³-hybridized carbons (Fsp3) is 0.417. The molecule has 0 aliphatic rings. The minimum Gasteiger partial charge on any atom is -0.389 e. The molecule has 0 saturated carbocycles. The zero-order valence-corrected chi connectivity index (χ0v) is 12.5. The Hall–Kier alpha value is -0.680. The molecule has 0 saturated heterocycles. The van der Waals surface area contributed by atoms with Crippen LogP contribution in [0.2, 0.25) is 0 Å². The molecule has 0 heterocycles. The van der Waals surface area contributed by atoms with E-state index in [-0.39, 0.29) is 16.8 Å². The zero-order chi connectivity index (χ0) is 13.2. The maximum absolute atomic E-state index is 14.2. The molecule has 5 heteroatoms. The van der Waals surface area contributed by atoms with Crippen LogP contribution in [0.3, 0.4) is 0 Å². The Morgan fingerprint density at radius 3 is 2.53 bits per heavy atom. The number of rotatable bonds is 4. The van der Waals surface area contributed by atoms with Crippen molar-refractivity contribution in [2.45, 2.75) is 26.8 Å². The van der Waals surface area contributed by atoms with Crippen LogP contribution in [0.25, 0.3) is 0 Å². The molecule has 1 aromatic rings. The summed E-state index contributed by atoms with van der Waals surface area (Å²) in [6.45, 7) is 6.79. The fourth-order valence-corrected chi connectivity index (χ4v) is 2.62. The van der Waals surface area contributed by atoms with E-state index in [2.05, 4.69) is 15.9 Å². The van der Waals surface area contributed by atoms with E-state index < -0.39 is 0 Å². The molecule has 0 amide bonds. The maximum Gasteiger partial charge on any atom is 0.161 e. The van der Waals surface area contributed by atoms with E-state index in [0.29, 0.717) is 15.7 Å². The average molecular weight is 319 g/mol. The zero-order valence-electron chi connectivity index (χ0n) is 10.1. The molecule has 1 aromatic carbocycles. The van der Waals surface area contributed by atoms with Crippen LogP contribution < -0.4 is 10.6 Å². The summed E-state index contributed by atoms with van der Waals surface area (Å²) in [4.78, 5) is 2.17. The highest BCUT2D eigenvalue weighted by Gasteiger charge is 2.18. The van der Waals surface area contributed by atoms with Gasteiger partial charge in [0.05, 0.1) is 10.2 Å². The van der Waals surface area contributed by atoms with E-state index in [0.717, 1.165) is 6.54 Å². The standard InChI is InChI=1S/C12H16BrFN2S/c1-4-16(7(2)3)9-6-5-8(12(15)17)10(13)11(9)14/h5-7H,4H2,1-3H3,(H2,15,17). The van der Waals surface area contributed by atoms with Crippen molar-refractivity contribution in [3.63, 3.8) is 0 Å². The lowest BCUT2D eigenvalue weighted by Gasteiger charge is -2.28. The summed E-state index contributed by atoms with van der Waals surface area (Å²) in [5.41, 5.74) is 6.62. The van der Waals surface area contributed by atoms with E-state index in [1.54, 1.807) is 12.1 Å². The number of anilines is 1. The van der Waals surface area contributed by atoms with Gasteiger partial charge in [-0.25, -0.2) is 4.39 Å². The minimum absolute atomic E-state index is 0.190. The largest absolute Gasteiger partial charge is 0.389 e. The third-order valence-corrected chi connectivity index (χ3v) is 3.60. The molecule has 0 atom stereocenters. The summed E-state index contributed by atoms with van der Waals surface area (Å²) in [5, 5.41) is 0. The van der Waals surface area contributed by atoms with E-state index in [1.807, 2.05) is 25.7 Å². The van der Waals surface area contributed by atoms with Crippen LogP contribution >= 0.6 is 28.1 Å². The Kier molecular flexibility index (Phi) is 4.89. The van der Waals surface area contributed by atoms with Crippen LogP contribution in [0.5, 0.6) is 0 Å². The van der Waals surface area contributed by atoms with Gasteiger partial charge in [0.15, 0.2) is 5.82 Å². The van der Waals surface area contributed by atoms with Gasteiger partial charge in [-0.05, 0) is 48.8 Å². The molecule has 0 bridgehead atoms. The third kappa shape index (κ3) is 2.96. The second-order valence-corrected chi connectivity index (χ2v) is 5.24. The van der Waals surface area contributed by atoms with Crippen LogP contribution in [0, 0.1) is 5.82 Å². The van der Waals surface area contributed by atoms with Crippen molar-refractivity contribution in [2.24, 2.45) is 5.73 Å². The van der Waals surface area contributed by atoms with Crippen molar-refractivity contribution in [1.82, 2.24) is 0 Å². The SMILES string of the molecule is CCN(c1ccc(C(N)=S)c(Br)c1F)C(C)C. The molecule has 0 spiro atoms. The number of benzene rings is 1. The second-order valence-electron chi connectivity index (χ2n) is 4.00. The average Bonchev–Trinajstić information content (AvgIpc) is 2.24. The van der Waals surface area contributed by atoms with Crippen LogP contribution in [-0.2, 0) is 0 Å². The number of hydrogen-bond acceptors (Lipinski definition) is 2. The molecular formula is C12H16BrFN2S. The van der Waals surface area contributed by atoms with Crippen molar-refractivity contribution in [3.05, 3.63) is 28.0 Å². The van der Waals surface area contributed by atoms with Gasteiger partial charge in [-0.1, -0.05) is 12.2 Å². The molecule has 0 aliphatic heterocycles. The van der Waals surface area contributed by atoms with Gasteiger partial charge >= 0.3 is 0 Å². The van der Waals surface area contributed by atoms with Gasteiger partial charge in [-0.3, -0.25) is 0 Å². The van der Waals surface area contributed by atoms with E-state index >= 15 is 0 Å². The lowest BCUT2D eigenvalue weighted by Crippen LogP contribution is -2.31. The number of hydrogen-bond donors (Lipinski definition) is 1. The van der Waals surface area contributed by atoms with Crippen molar-refractivity contribution < 1.29 is 4.39 Å². The van der Waals surface area contributed by atoms with Crippen molar-refractivity contribution in [2.75, 3.05) is 11.4 Å². The topological polar surface area (TPSA) is 29.3 Å². The van der Waals surface area contributed by atoms with Crippen LogP contribution in [-0.4, -0.2) is 17.6 Å². The molecule has 0 aliphatic carbocycles. The minimum atomic E-state index is -0.314. The summed E-state index contributed by atoms with van der Waals surface area (Å²) in [7, 11) is 0. The maximum atomic E-state index is 14.2. The van der Waals surface area contributed by atoms with E-state index in [1.165, 1.54) is 0 Å². The lowest BCUT2D eigenvalue weighted by atomic mass is 10.1. The molecule has 0 radical (unpaired) electrons. The first-order valence-electron chi connectivity index (χ1n) is 5.44. The molecule has 17 heavy (non-hydrogen) atoms. The van der Waals surface area contributed by atoms with Gasteiger partial charge in [-0.15, -0.1) is 0 Å². The highest BCUT2D eigenvalue weighted by atomic mass is 79.9. The Morgan fingerprint density at radius 2 is 2.12 bits per heavy atom. The molecule has 1 rings (SSSR count). The predicted molar refractivity (Wildman–Crippen MR) is 78.1 cm³/mol. The Balaban J connectivity index is 3.29. The number of nitrogens with zero attached hydrogens (tertiary/aromatic N) is 1. The van der Waals surface area contributed by atoms with Crippen molar-refractivity contribution >= 4 is 38.8 Å². The third-order valence-electron chi connectivity index (χ3n) is 2.60. The fourth-order valence-electron chi connectivity index (χ4n) is 1.77. The van der Waals surface area contributed by atoms with Gasteiger partial charge < -0.3 is 10.6 Å². The molecule has 0 fully saturated rings. The molecular weight excluding hydrogens is 303 g/mol. The van der Waals surface area contributed by atoms with Gasteiger partial charge in [0.25, 0.3) is 0 Å². The van der Waals surface area contributed by atoms with Crippen LogP contribution in [0.4, 0.5) is 10.1 Å². The Morgan fingerprint density at radius 1 is 1.53 bits per heavy atom. The van der Waals surface area contributed by atoms with Crippen molar-refractivity contribution in [1.29, 1.82) is 0 Å². The number of nitrogens with two attached hydrogens (primary N) is 1. The van der Waals surface area contributed by atoms with Gasteiger partial charge in [0, 0.05) is 18.2 Å². The normalized spacial score (nSPS) is 10.7. The van der Waals surface area contributed by atoms with E-state index in [9.17, 15) is 4.39 Å². The highest BCUT2D eigenvalue weighted by Crippen LogP contribution is 2.30. The molecule has 94 valence electrons. The summed E-state index contributed by atoms with van der Waals surface area (Å²) in [6.07, 6.45) is 0. The highest BCUT2D eigenvalue weighted by molar-refractivity contribution is 9.10. The quantitative estimate of drug-likeness (QED) is 0.862. The molecule has 2 N–H and O–H groups in total. The van der Waals surface area contributed by atoms with Crippen molar-refractivity contribution in [3.8, 4) is 0 Å². The first-order chi connectivity index (χ1) is 7.90. The first kappa shape index (κ1) is 14.4. The predicted octanol–water partition coefficient (Wildman–Crippen LogP) is 3.46. The second kappa shape index (κ2) is 5.78. The summed E-state index contributed by atoms with van der Waals surface area (Å²) in [5.74, 6) is -0.314. The number of thiocarbonyl (C=S) groups is 1. The first-order valence-corrected chi connectivity index (χ1v) is 6.64. The van der Waals surface area contributed by atoms with Gasteiger partial charge in [0.2, 0.25) is 0 Å². The monoisotopic (exact) mass is 318 g/mol. The summed E-state index contributed by atoms with van der Waals surface area (Å²) < 4.78 is 14.6. The lowest BCUT2D eigenvalue weighted by molar-refractivity contribution is 0.599. The van der Waals surface area contributed by atoms with Crippen LogP contribution in [0.15, 0.2) is 16.6 Å². The Bertz CT molecular complexity index is 435. The summed E-state index contributed by atoms with van der Waals surface area (Å²) in [6, 6.07) is 3.70. The molecule has 0 aromatic heterocycles.